The Labute approximate surface area is 170 Å². The van der Waals surface area contributed by atoms with Gasteiger partial charge >= 0.3 is 6.09 Å². The Balaban J connectivity index is 1.64. The predicted molar refractivity (Wildman–Crippen MR) is 110 cm³/mol. The molecule has 5 heteroatoms. The quantitative estimate of drug-likeness (QED) is 0.285. The maximum atomic E-state index is 15.2. The molecule has 1 saturated heterocycles. The van der Waals surface area contributed by atoms with E-state index in [0.717, 1.165) is 20.3 Å². The highest BCUT2D eigenvalue weighted by Gasteiger charge is 2.69. The summed E-state index contributed by atoms with van der Waals surface area (Å²) < 4.78 is 21.6. The van der Waals surface area contributed by atoms with Gasteiger partial charge in [0, 0.05) is 3.57 Å². The summed E-state index contributed by atoms with van der Waals surface area (Å²) in [4.78, 5) is 13.9. The van der Waals surface area contributed by atoms with Crippen molar-refractivity contribution in [2.45, 2.75) is 18.4 Å². The van der Waals surface area contributed by atoms with Crippen molar-refractivity contribution in [3.63, 3.8) is 0 Å². The first kappa shape index (κ1) is 18.0. The van der Waals surface area contributed by atoms with E-state index in [2.05, 4.69) is 22.6 Å². The number of benzene rings is 3. The van der Waals surface area contributed by atoms with Crippen LogP contribution in [0.3, 0.4) is 0 Å². The molecule has 4 rings (SSSR count). The van der Waals surface area contributed by atoms with Crippen molar-refractivity contribution >= 4 is 28.7 Å². The lowest BCUT2D eigenvalue weighted by atomic mass is 9.90. The van der Waals surface area contributed by atoms with Crippen LogP contribution in [0.1, 0.15) is 16.7 Å². The topological polar surface area (TPSA) is 29.3 Å². The number of amides is 1. The molecule has 1 amide bonds. The molecule has 0 spiro atoms. The van der Waals surface area contributed by atoms with Crippen LogP contribution in [0.4, 0.5) is 9.18 Å². The van der Waals surface area contributed by atoms with Gasteiger partial charge in [-0.05, 0) is 51.4 Å². The lowest BCUT2D eigenvalue weighted by molar-refractivity contribution is 0.113. The van der Waals surface area contributed by atoms with Crippen LogP contribution < -0.4 is 0 Å². The van der Waals surface area contributed by atoms with Gasteiger partial charge in [-0.2, -0.15) is 0 Å². The van der Waals surface area contributed by atoms with Gasteiger partial charge < -0.3 is 4.74 Å². The zero-order valence-electron chi connectivity index (χ0n) is 14.4. The molecule has 0 saturated carbocycles. The number of carbonyl (C=O) groups excluding carboxylic acids is 1. The first-order valence-electron chi connectivity index (χ1n) is 8.59. The number of carbonyl (C=O) groups is 1. The van der Waals surface area contributed by atoms with Crippen LogP contribution in [0.2, 0.25) is 0 Å². The third-order valence-corrected chi connectivity index (χ3v) is 5.50. The molecule has 0 N–H and O–H groups in total. The van der Waals surface area contributed by atoms with Crippen molar-refractivity contribution in [3.05, 3.63) is 105 Å². The fraction of sp³-hybridized carbons (Fsp3) is 0.136. The van der Waals surface area contributed by atoms with Crippen molar-refractivity contribution < 1.29 is 13.9 Å². The molecule has 2 atom stereocenters. The zero-order chi connectivity index (χ0) is 18.9. The monoisotopic (exact) mass is 473 g/mol. The second-order valence-corrected chi connectivity index (χ2v) is 7.63. The van der Waals surface area contributed by atoms with E-state index < -0.39 is 17.9 Å². The Bertz CT molecular complexity index is 934. The van der Waals surface area contributed by atoms with Crippen LogP contribution in [0, 0.1) is 3.57 Å². The third kappa shape index (κ3) is 3.20. The van der Waals surface area contributed by atoms with Crippen molar-refractivity contribution in [2.75, 3.05) is 0 Å². The van der Waals surface area contributed by atoms with Crippen LogP contribution in [0.25, 0.3) is 0 Å². The highest BCUT2D eigenvalue weighted by molar-refractivity contribution is 14.1. The summed E-state index contributed by atoms with van der Waals surface area (Å²) in [5, 5.41) is 0. The molecule has 2 unspecified atom stereocenters. The van der Waals surface area contributed by atoms with Crippen molar-refractivity contribution in [2.24, 2.45) is 0 Å². The van der Waals surface area contributed by atoms with Crippen molar-refractivity contribution in [1.29, 1.82) is 0 Å². The second-order valence-electron chi connectivity index (χ2n) is 6.39. The minimum Gasteiger partial charge on any atom is -0.444 e. The Morgan fingerprint density at radius 1 is 0.926 bits per heavy atom. The van der Waals surface area contributed by atoms with E-state index in [1.807, 2.05) is 84.9 Å². The minimum absolute atomic E-state index is 0.112. The molecule has 0 aromatic heterocycles. The Morgan fingerprint density at radius 2 is 1.48 bits per heavy atom. The molecule has 3 aromatic rings. The van der Waals surface area contributed by atoms with E-state index in [4.69, 9.17) is 4.74 Å². The average Bonchev–Trinajstić information content (AvgIpc) is 3.34. The lowest BCUT2D eigenvalue weighted by Crippen LogP contribution is -2.24. The summed E-state index contributed by atoms with van der Waals surface area (Å²) in [6, 6.07) is 26.2. The summed E-state index contributed by atoms with van der Waals surface area (Å²) >= 11 is 2.20. The first-order chi connectivity index (χ1) is 13.1. The Kier molecular flexibility index (Phi) is 4.86. The molecule has 0 radical (unpaired) electrons. The van der Waals surface area contributed by atoms with E-state index in [0.29, 0.717) is 0 Å². The number of hydrogen-bond donors (Lipinski definition) is 0. The second kappa shape index (κ2) is 7.31. The van der Waals surface area contributed by atoms with E-state index >= 15 is 4.39 Å². The molecule has 0 bridgehead atoms. The number of hydrogen-bond acceptors (Lipinski definition) is 2. The van der Waals surface area contributed by atoms with Gasteiger partial charge in [0.1, 0.15) is 12.1 Å². The van der Waals surface area contributed by atoms with Gasteiger partial charge in [0.15, 0.2) is 0 Å². The highest BCUT2D eigenvalue weighted by Crippen LogP contribution is 2.55. The summed E-state index contributed by atoms with van der Waals surface area (Å²) in [6.45, 7) is 0.112. The molecule has 3 nitrogen and oxygen atoms in total. The molecule has 1 aliphatic rings. The van der Waals surface area contributed by atoms with Crippen LogP contribution in [-0.4, -0.2) is 17.3 Å². The highest BCUT2D eigenvalue weighted by atomic mass is 127. The molecular formula is C22H17FINO2. The Morgan fingerprint density at radius 3 is 2.11 bits per heavy atom. The Hall–Kier alpha value is -2.41. The van der Waals surface area contributed by atoms with Crippen LogP contribution in [-0.2, 0) is 16.9 Å². The van der Waals surface area contributed by atoms with Crippen molar-refractivity contribution in [3.8, 4) is 0 Å². The summed E-state index contributed by atoms with van der Waals surface area (Å²) in [7, 11) is 0. The van der Waals surface area contributed by atoms with Crippen LogP contribution >= 0.6 is 22.6 Å². The van der Waals surface area contributed by atoms with Crippen LogP contribution in [0.15, 0.2) is 84.9 Å². The molecular weight excluding hydrogens is 456 g/mol. The van der Waals surface area contributed by atoms with E-state index in [-0.39, 0.29) is 6.61 Å². The maximum Gasteiger partial charge on any atom is 0.413 e. The van der Waals surface area contributed by atoms with Gasteiger partial charge in [-0.3, -0.25) is 4.90 Å². The summed E-state index contributed by atoms with van der Waals surface area (Å²) in [5.41, 5.74) is 1.19. The smallest absolute Gasteiger partial charge is 0.413 e. The fourth-order valence-electron chi connectivity index (χ4n) is 3.40. The number of halogens is 2. The fourth-order valence-corrected chi connectivity index (χ4v) is 3.76. The maximum absolute atomic E-state index is 15.2. The largest absolute Gasteiger partial charge is 0.444 e. The van der Waals surface area contributed by atoms with E-state index in [9.17, 15) is 4.79 Å². The number of nitrogens with zero attached hydrogens (tertiary/aromatic N) is 1. The van der Waals surface area contributed by atoms with Gasteiger partial charge in [-0.15, -0.1) is 0 Å². The molecule has 0 aliphatic carbocycles. The predicted octanol–water partition coefficient (Wildman–Crippen LogP) is 5.48. The van der Waals surface area contributed by atoms with E-state index in [1.54, 1.807) is 0 Å². The number of alkyl halides is 1. The lowest BCUT2D eigenvalue weighted by Gasteiger charge is -2.18. The summed E-state index contributed by atoms with van der Waals surface area (Å²) in [5.74, 6) is 0. The van der Waals surface area contributed by atoms with Gasteiger partial charge in [-0.25, -0.2) is 9.18 Å². The average molecular weight is 473 g/mol. The van der Waals surface area contributed by atoms with Gasteiger partial charge in [0.05, 0.1) is 0 Å². The minimum atomic E-state index is -1.47. The third-order valence-electron chi connectivity index (χ3n) is 4.78. The van der Waals surface area contributed by atoms with Gasteiger partial charge in [0.25, 0.3) is 0 Å². The van der Waals surface area contributed by atoms with Gasteiger partial charge in [0.2, 0.25) is 6.30 Å². The number of ether oxygens (including phenoxy) is 1. The zero-order valence-corrected chi connectivity index (χ0v) is 16.5. The van der Waals surface area contributed by atoms with Crippen molar-refractivity contribution in [1.82, 2.24) is 4.90 Å². The molecule has 3 aromatic carbocycles. The molecule has 1 heterocycles. The van der Waals surface area contributed by atoms with E-state index in [1.165, 1.54) is 4.90 Å². The molecule has 27 heavy (non-hydrogen) atoms. The normalized spacial score (nSPS) is 21.0. The SMILES string of the molecule is O=C(OCc1ccccc1)N1C(F)C1(c1ccccc1)c1ccc(I)cc1. The molecule has 136 valence electrons. The summed E-state index contributed by atoms with van der Waals surface area (Å²) in [6.07, 6.45) is -2.13. The van der Waals surface area contributed by atoms with Crippen LogP contribution in [0.5, 0.6) is 0 Å². The standard InChI is InChI=1S/C22H17FINO2/c23-20-22(17-9-5-2-6-10-17,18-11-13-19(24)14-12-18)25(20)21(26)27-15-16-7-3-1-4-8-16/h1-14,20H,15H2. The molecule has 1 aliphatic heterocycles. The molecule has 1 fully saturated rings. The van der Waals surface area contributed by atoms with Gasteiger partial charge in [-0.1, -0.05) is 72.8 Å². The number of rotatable bonds is 4. The first-order valence-corrected chi connectivity index (χ1v) is 9.67.